The minimum absolute atomic E-state index is 0.657. The van der Waals surface area contributed by atoms with E-state index in [9.17, 15) is 0 Å². The van der Waals surface area contributed by atoms with Crippen molar-refractivity contribution in [1.82, 2.24) is 15.6 Å². The number of nitrogens with zero attached hydrogens (tertiary/aromatic N) is 2. The van der Waals surface area contributed by atoms with E-state index in [0.29, 0.717) is 6.54 Å². The van der Waals surface area contributed by atoms with E-state index in [0.717, 1.165) is 34.5 Å². The maximum atomic E-state index is 5.35. The third-order valence-electron chi connectivity index (χ3n) is 3.28. The van der Waals surface area contributed by atoms with E-state index in [1.807, 2.05) is 38.1 Å². The third kappa shape index (κ3) is 4.21. The molecule has 118 valence electrons. The van der Waals surface area contributed by atoms with Gasteiger partial charge in [0.1, 0.15) is 5.75 Å². The fourth-order valence-corrected chi connectivity index (χ4v) is 3.03. The molecule has 0 amide bonds. The summed E-state index contributed by atoms with van der Waals surface area (Å²) in [5.74, 6) is 1.63. The van der Waals surface area contributed by atoms with E-state index >= 15 is 0 Å². The SMILES string of the molecule is CN=C(NCc1ccccc1OC)NCc1sc(C)nc1C. The summed E-state index contributed by atoms with van der Waals surface area (Å²) in [6.45, 7) is 5.44. The van der Waals surface area contributed by atoms with Crippen LogP contribution in [0.3, 0.4) is 0 Å². The second-order valence-electron chi connectivity index (χ2n) is 4.83. The minimum Gasteiger partial charge on any atom is -0.496 e. The van der Waals surface area contributed by atoms with Crippen LogP contribution in [0.25, 0.3) is 0 Å². The molecule has 2 rings (SSSR count). The molecule has 0 aliphatic carbocycles. The Kier molecular flexibility index (Phi) is 5.77. The number of nitrogens with one attached hydrogen (secondary N) is 2. The summed E-state index contributed by atoms with van der Waals surface area (Å²) in [5.41, 5.74) is 2.17. The van der Waals surface area contributed by atoms with Crippen molar-refractivity contribution in [2.24, 2.45) is 4.99 Å². The molecule has 6 heteroatoms. The lowest BCUT2D eigenvalue weighted by atomic mass is 10.2. The van der Waals surface area contributed by atoms with Gasteiger partial charge in [-0.1, -0.05) is 18.2 Å². The van der Waals surface area contributed by atoms with Crippen LogP contribution in [0.1, 0.15) is 21.1 Å². The number of benzene rings is 1. The molecule has 2 aromatic rings. The summed E-state index contributed by atoms with van der Waals surface area (Å²) < 4.78 is 5.35. The van der Waals surface area contributed by atoms with Crippen LogP contribution in [0, 0.1) is 13.8 Å². The van der Waals surface area contributed by atoms with Gasteiger partial charge in [-0.25, -0.2) is 4.98 Å². The zero-order chi connectivity index (χ0) is 15.9. The highest BCUT2D eigenvalue weighted by Gasteiger charge is 2.07. The molecule has 0 bridgehead atoms. The lowest BCUT2D eigenvalue weighted by molar-refractivity contribution is 0.409. The summed E-state index contributed by atoms with van der Waals surface area (Å²) in [4.78, 5) is 9.91. The second-order valence-corrected chi connectivity index (χ2v) is 6.12. The number of hydrogen-bond acceptors (Lipinski definition) is 4. The van der Waals surface area contributed by atoms with E-state index in [-0.39, 0.29) is 0 Å². The molecular formula is C16H22N4OS. The van der Waals surface area contributed by atoms with Gasteiger partial charge in [0.05, 0.1) is 24.4 Å². The molecule has 1 heterocycles. The Bertz CT molecular complexity index is 651. The standard InChI is InChI=1S/C16H22N4OS/c1-11-15(22-12(2)20-11)10-19-16(17-3)18-9-13-7-5-6-8-14(13)21-4/h5-8H,9-10H2,1-4H3,(H2,17,18,19). The first kappa shape index (κ1) is 16.3. The van der Waals surface area contributed by atoms with E-state index < -0.39 is 0 Å². The summed E-state index contributed by atoms with van der Waals surface area (Å²) in [6, 6.07) is 7.95. The molecule has 0 aliphatic rings. The van der Waals surface area contributed by atoms with Crippen molar-refractivity contribution in [1.29, 1.82) is 0 Å². The van der Waals surface area contributed by atoms with Crippen molar-refractivity contribution in [3.63, 3.8) is 0 Å². The van der Waals surface area contributed by atoms with Crippen molar-refractivity contribution in [2.45, 2.75) is 26.9 Å². The first-order valence-corrected chi connectivity index (χ1v) is 7.95. The first-order chi connectivity index (χ1) is 10.6. The van der Waals surface area contributed by atoms with Crippen LogP contribution in [-0.4, -0.2) is 25.1 Å². The maximum absolute atomic E-state index is 5.35. The average Bonchev–Trinajstić information content (AvgIpc) is 2.85. The third-order valence-corrected chi connectivity index (χ3v) is 4.35. The number of guanidine groups is 1. The molecule has 0 radical (unpaired) electrons. The molecule has 0 atom stereocenters. The lowest BCUT2D eigenvalue weighted by Crippen LogP contribution is -2.36. The molecule has 0 fully saturated rings. The van der Waals surface area contributed by atoms with Crippen LogP contribution in [-0.2, 0) is 13.1 Å². The second kappa shape index (κ2) is 7.79. The number of aryl methyl sites for hydroxylation is 2. The van der Waals surface area contributed by atoms with Crippen LogP contribution in [0.4, 0.5) is 0 Å². The molecular weight excluding hydrogens is 296 g/mol. The number of methoxy groups -OCH3 is 1. The smallest absolute Gasteiger partial charge is 0.191 e. The molecule has 5 nitrogen and oxygen atoms in total. The maximum Gasteiger partial charge on any atom is 0.191 e. The Balaban J connectivity index is 1.91. The van der Waals surface area contributed by atoms with Crippen molar-refractivity contribution in [3.8, 4) is 5.75 Å². The first-order valence-electron chi connectivity index (χ1n) is 7.13. The molecule has 1 aromatic carbocycles. The monoisotopic (exact) mass is 318 g/mol. The molecule has 2 N–H and O–H groups in total. The van der Waals surface area contributed by atoms with Gasteiger partial charge in [0.25, 0.3) is 0 Å². The van der Waals surface area contributed by atoms with Crippen LogP contribution < -0.4 is 15.4 Å². The highest BCUT2D eigenvalue weighted by molar-refractivity contribution is 7.11. The number of thiazole rings is 1. The van der Waals surface area contributed by atoms with Crippen molar-refractivity contribution in [2.75, 3.05) is 14.2 Å². The summed E-state index contributed by atoms with van der Waals surface area (Å²) in [5, 5.41) is 7.71. The summed E-state index contributed by atoms with van der Waals surface area (Å²) in [7, 11) is 3.45. The van der Waals surface area contributed by atoms with E-state index in [1.165, 1.54) is 4.88 Å². The number of rotatable bonds is 5. The van der Waals surface area contributed by atoms with E-state index in [1.54, 1.807) is 25.5 Å². The number of hydrogen-bond donors (Lipinski definition) is 2. The van der Waals surface area contributed by atoms with E-state index in [2.05, 4.69) is 20.6 Å². The number of aromatic nitrogens is 1. The highest BCUT2D eigenvalue weighted by atomic mass is 32.1. The molecule has 22 heavy (non-hydrogen) atoms. The lowest BCUT2D eigenvalue weighted by Gasteiger charge is -2.13. The number of ether oxygens (including phenoxy) is 1. The van der Waals surface area contributed by atoms with Gasteiger partial charge >= 0.3 is 0 Å². The van der Waals surface area contributed by atoms with Gasteiger partial charge in [0.15, 0.2) is 5.96 Å². The van der Waals surface area contributed by atoms with Crippen molar-refractivity contribution >= 4 is 17.3 Å². The van der Waals surface area contributed by atoms with Gasteiger partial charge in [-0.2, -0.15) is 0 Å². The van der Waals surface area contributed by atoms with Gasteiger partial charge in [0, 0.05) is 24.0 Å². The molecule has 0 saturated heterocycles. The predicted molar refractivity (Wildman–Crippen MR) is 91.6 cm³/mol. The largest absolute Gasteiger partial charge is 0.496 e. The Morgan fingerprint density at radius 3 is 2.59 bits per heavy atom. The van der Waals surface area contributed by atoms with Crippen LogP contribution >= 0.6 is 11.3 Å². The molecule has 0 saturated carbocycles. The van der Waals surface area contributed by atoms with Crippen molar-refractivity contribution < 1.29 is 4.74 Å². The van der Waals surface area contributed by atoms with Crippen molar-refractivity contribution in [3.05, 3.63) is 45.4 Å². The van der Waals surface area contributed by atoms with Crippen LogP contribution in [0.2, 0.25) is 0 Å². The van der Waals surface area contributed by atoms with Crippen LogP contribution in [0.15, 0.2) is 29.3 Å². The Morgan fingerprint density at radius 1 is 1.23 bits per heavy atom. The molecule has 0 spiro atoms. The van der Waals surface area contributed by atoms with Crippen LogP contribution in [0.5, 0.6) is 5.75 Å². The summed E-state index contributed by atoms with van der Waals surface area (Å²) in [6.07, 6.45) is 0. The normalized spacial score (nSPS) is 11.4. The number of para-hydroxylation sites is 1. The fraction of sp³-hybridized carbons (Fsp3) is 0.375. The highest BCUT2D eigenvalue weighted by Crippen LogP contribution is 2.17. The Morgan fingerprint density at radius 2 is 1.95 bits per heavy atom. The molecule has 0 aliphatic heterocycles. The van der Waals surface area contributed by atoms with Gasteiger partial charge < -0.3 is 15.4 Å². The zero-order valence-electron chi connectivity index (χ0n) is 13.4. The topological polar surface area (TPSA) is 58.5 Å². The fourth-order valence-electron chi connectivity index (χ4n) is 2.15. The van der Waals surface area contributed by atoms with E-state index in [4.69, 9.17) is 4.74 Å². The minimum atomic E-state index is 0.657. The van der Waals surface area contributed by atoms with Gasteiger partial charge in [-0.05, 0) is 19.9 Å². The Hall–Kier alpha value is -2.08. The molecule has 0 unspecified atom stereocenters. The van der Waals surface area contributed by atoms with Gasteiger partial charge in [-0.3, -0.25) is 4.99 Å². The molecule has 1 aromatic heterocycles. The van der Waals surface area contributed by atoms with Gasteiger partial charge in [-0.15, -0.1) is 11.3 Å². The van der Waals surface area contributed by atoms with Gasteiger partial charge in [0.2, 0.25) is 0 Å². The Labute approximate surface area is 135 Å². The quantitative estimate of drug-likeness (QED) is 0.657. The predicted octanol–water partition coefficient (Wildman–Crippen LogP) is 2.63. The zero-order valence-corrected chi connectivity index (χ0v) is 14.3. The average molecular weight is 318 g/mol. The summed E-state index contributed by atoms with van der Waals surface area (Å²) >= 11 is 1.71. The number of aliphatic imine (C=N–C) groups is 1.